The lowest BCUT2D eigenvalue weighted by atomic mass is 9.91. The molecule has 0 unspecified atom stereocenters. The summed E-state index contributed by atoms with van der Waals surface area (Å²) in [7, 11) is 0. The van der Waals surface area contributed by atoms with E-state index in [-0.39, 0.29) is 18.5 Å². The van der Waals surface area contributed by atoms with Crippen LogP contribution in [-0.4, -0.2) is 28.3 Å². The van der Waals surface area contributed by atoms with Crippen LogP contribution in [-0.2, 0) is 30.4 Å². The average molecular weight is 472 g/mol. The predicted octanol–water partition coefficient (Wildman–Crippen LogP) is 5.39. The molecule has 3 rings (SSSR count). The Hall–Kier alpha value is -3.16. The Bertz CT molecular complexity index is 1150. The van der Waals surface area contributed by atoms with Gasteiger partial charge in [0, 0.05) is 6.54 Å². The Morgan fingerprint density at radius 3 is 2.24 bits per heavy atom. The zero-order chi connectivity index (χ0) is 24.9. The topological polar surface area (TPSA) is 69.6 Å². The van der Waals surface area contributed by atoms with Crippen molar-refractivity contribution in [3.05, 3.63) is 94.5 Å². The van der Waals surface area contributed by atoms with Crippen molar-refractivity contribution >= 4 is 5.97 Å². The number of hydrogen-bond acceptors (Lipinski definition) is 3. The molecule has 0 spiro atoms. The highest BCUT2D eigenvalue weighted by Crippen LogP contribution is 2.34. The highest BCUT2D eigenvalue weighted by molar-refractivity contribution is 5.78. The SMILES string of the molecule is Cc1c(CCc2cc(CN[C@](C)(CO)C(=O)O)ccc2C(F)(F)F)cccc1-c1ccccc1. The van der Waals surface area contributed by atoms with Crippen LogP contribution in [0.3, 0.4) is 0 Å². The molecular weight excluding hydrogens is 443 g/mol. The number of carboxylic acid groups (broad SMARTS) is 1. The number of aliphatic hydroxyl groups excluding tert-OH is 1. The first-order valence-corrected chi connectivity index (χ1v) is 11.0. The molecule has 0 radical (unpaired) electrons. The summed E-state index contributed by atoms with van der Waals surface area (Å²) in [5.41, 5.74) is 2.47. The number of benzene rings is 3. The van der Waals surface area contributed by atoms with Gasteiger partial charge in [0.05, 0.1) is 12.2 Å². The van der Waals surface area contributed by atoms with Gasteiger partial charge in [0.2, 0.25) is 0 Å². The van der Waals surface area contributed by atoms with Crippen molar-refractivity contribution in [2.45, 2.75) is 44.9 Å². The Morgan fingerprint density at radius 1 is 0.941 bits per heavy atom. The maximum atomic E-state index is 13.7. The number of alkyl halides is 3. The van der Waals surface area contributed by atoms with Gasteiger partial charge in [-0.3, -0.25) is 10.1 Å². The molecule has 3 aromatic rings. The van der Waals surface area contributed by atoms with E-state index < -0.39 is 29.9 Å². The Kier molecular flexibility index (Phi) is 7.79. The number of nitrogens with one attached hydrogen (secondary N) is 1. The number of carboxylic acids is 1. The summed E-state index contributed by atoms with van der Waals surface area (Å²) in [6, 6.07) is 19.5. The summed E-state index contributed by atoms with van der Waals surface area (Å²) in [5.74, 6) is -1.24. The van der Waals surface area contributed by atoms with E-state index in [1.54, 1.807) is 0 Å². The second-order valence-electron chi connectivity index (χ2n) is 8.59. The minimum atomic E-state index is -4.50. The number of rotatable bonds is 9. The van der Waals surface area contributed by atoms with E-state index in [1.165, 1.54) is 19.1 Å². The largest absolute Gasteiger partial charge is 0.480 e. The third-order valence-corrected chi connectivity index (χ3v) is 6.14. The molecule has 3 N–H and O–H groups in total. The van der Waals surface area contributed by atoms with E-state index in [0.717, 1.165) is 28.3 Å². The molecule has 1 atom stereocenters. The zero-order valence-electron chi connectivity index (χ0n) is 19.1. The van der Waals surface area contributed by atoms with Crippen molar-refractivity contribution in [1.82, 2.24) is 5.32 Å². The Morgan fingerprint density at radius 2 is 1.62 bits per heavy atom. The molecule has 0 saturated heterocycles. The molecule has 0 fully saturated rings. The maximum Gasteiger partial charge on any atom is 0.416 e. The van der Waals surface area contributed by atoms with Crippen LogP contribution in [0.4, 0.5) is 13.2 Å². The van der Waals surface area contributed by atoms with Gasteiger partial charge in [-0.25, -0.2) is 0 Å². The smallest absolute Gasteiger partial charge is 0.416 e. The fourth-order valence-electron chi connectivity index (χ4n) is 3.89. The number of halogens is 3. The number of aliphatic carboxylic acids is 1. The van der Waals surface area contributed by atoms with Crippen LogP contribution in [0.2, 0.25) is 0 Å². The summed E-state index contributed by atoms with van der Waals surface area (Å²) in [6.07, 6.45) is -3.89. The highest BCUT2D eigenvalue weighted by Gasteiger charge is 2.34. The van der Waals surface area contributed by atoms with Crippen LogP contribution >= 0.6 is 0 Å². The van der Waals surface area contributed by atoms with Gasteiger partial charge in [0.1, 0.15) is 5.54 Å². The number of aliphatic hydroxyl groups is 1. The van der Waals surface area contributed by atoms with Gasteiger partial charge >= 0.3 is 12.1 Å². The maximum absolute atomic E-state index is 13.7. The van der Waals surface area contributed by atoms with E-state index >= 15 is 0 Å². The van der Waals surface area contributed by atoms with Crippen LogP contribution in [0.1, 0.15) is 34.7 Å². The standard InChI is InChI=1S/C27H28F3NO3/c1-18-20(9-6-10-23(18)21-7-4-3-5-8-21)12-13-22-15-19(11-14-24(22)27(28,29)30)16-31-26(2,17-32)25(33)34/h3-11,14-15,31-32H,12-13,16-17H2,1-2H3,(H,33,34)/t26-/m1/s1. The summed E-state index contributed by atoms with van der Waals surface area (Å²) in [5, 5.41) is 21.4. The Labute approximate surface area is 197 Å². The molecule has 0 saturated carbocycles. The van der Waals surface area contributed by atoms with Gasteiger partial charge < -0.3 is 10.2 Å². The van der Waals surface area contributed by atoms with Gasteiger partial charge in [-0.1, -0.05) is 60.7 Å². The average Bonchev–Trinajstić information content (AvgIpc) is 2.81. The van der Waals surface area contributed by atoms with Crippen LogP contribution in [0.25, 0.3) is 11.1 Å². The molecule has 3 aromatic carbocycles. The molecule has 0 heterocycles. The van der Waals surface area contributed by atoms with Crippen molar-refractivity contribution in [3.8, 4) is 11.1 Å². The van der Waals surface area contributed by atoms with Crippen LogP contribution in [0.5, 0.6) is 0 Å². The van der Waals surface area contributed by atoms with Crippen molar-refractivity contribution in [3.63, 3.8) is 0 Å². The van der Waals surface area contributed by atoms with Gasteiger partial charge in [0.15, 0.2) is 0 Å². The third-order valence-electron chi connectivity index (χ3n) is 6.14. The van der Waals surface area contributed by atoms with Gasteiger partial charge in [-0.15, -0.1) is 0 Å². The lowest BCUT2D eigenvalue weighted by Gasteiger charge is -2.24. The fraction of sp³-hybridized carbons (Fsp3) is 0.296. The normalized spacial score (nSPS) is 13.5. The van der Waals surface area contributed by atoms with Gasteiger partial charge in [0.25, 0.3) is 0 Å². The number of hydrogen-bond donors (Lipinski definition) is 3. The van der Waals surface area contributed by atoms with Crippen LogP contribution in [0, 0.1) is 6.92 Å². The molecule has 7 heteroatoms. The molecule has 4 nitrogen and oxygen atoms in total. The summed E-state index contributed by atoms with van der Waals surface area (Å²) in [4.78, 5) is 11.4. The first-order valence-electron chi connectivity index (χ1n) is 11.0. The Balaban J connectivity index is 1.86. The first-order chi connectivity index (χ1) is 16.0. The molecule has 34 heavy (non-hydrogen) atoms. The quantitative estimate of drug-likeness (QED) is 0.391. The van der Waals surface area contributed by atoms with E-state index in [4.69, 9.17) is 0 Å². The molecule has 180 valence electrons. The van der Waals surface area contributed by atoms with E-state index in [0.29, 0.717) is 12.0 Å². The lowest BCUT2D eigenvalue weighted by Crippen LogP contribution is -2.52. The van der Waals surface area contributed by atoms with Crippen molar-refractivity contribution in [2.75, 3.05) is 6.61 Å². The van der Waals surface area contributed by atoms with E-state index in [1.807, 2.05) is 55.5 Å². The summed E-state index contributed by atoms with van der Waals surface area (Å²) < 4.78 is 41.0. The second kappa shape index (κ2) is 10.4. The lowest BCUT2D eigenvalue weighted by molar-refractivity contribution is -0.146. The highest BCUT2D eigenvalue weighted by atomic mass is 19.4. The zero-order valence-corrected chi connectivity index (χ0v) is 19.1. The summed E-state index contributed by atoms with van der Waals surface area (Å²) in [6.45, 7) is 2.66. The molecule has 0 aliphatic carbocycles. The van der Waals surface area contributed by atoms with Gasteiger partial charge in [-0.05, 0) is 66.1 Å². The molecular formula is C27H28F3NO3. The van der Waals surface area contributed by atoms with Crippen molar-refractivity contribution in [2.24, 2.45) is 0 Å². The minimum absolute atomic E-state index is 0.0109. The third kappa shape index (κ3) is 5.85. The van der Waals surface area contributed by atoms with Crippen molar-refractivity contribution < 1.29 is 28.2 Å². The van der Waals surface area contributed by atoms with Crippen LogP contribution in [0.15, 0.2) is 66.7 Å². The molecule has 0 amide bonds. The van der Waals surface area contributed by atoms with Crippen LogP contribution < -0.4 is 5.32 Å². The fourth-order valence-corrected chi connectivity index (χ4v) is 3.89. The van der Waals surface area contributed by atoms with E-state index in [9.17, 15) is 28.2 Å². The minimum Gasteiger partial charge on any atom is -0.480 e. The monoisotopic (exact) mass is 471 g/mol. The van der Waals surface area contributed by atoms with E-state index in [2.05, 4.69) is 5.32 Å². The molecule has 0 aliphatic rings. The molecule has 0 aliphatic heterocycles. The van der Waals surface area contributed by atoms with Crippen molar-refractivity contribution in [1.29, 1.82) is 0 Å². The second-order valence-corrected chi connectivity index (χ2v) is 8.59. The summed E-state index contributed by atoms with van der Waals surface area (Å²) >= 11 is 0. The molecule has 0 bridgehead atoms. The number of aryl methyl sites for hydroxylation is 2. The van der Waals surface area contributed by atoms with Gasteiger partial charge in [-0.2, -0.15) is 13.2 Å². The number of carbonyl (C=O) groups is 1. The molecule has 0 aromatic heterocycles. The predicted molar refractivity (Wildman–Crippen MR) is 125 cm³/mol. The first kappa shape index (κ1) is 25.5.